The second kappa shape index (κ2) is 6.41. The van der Waals surface area contributed by atoms with E-state index in [1.54, 1.807) is 12.3 Å². The lowest BCUT2D eigenvalue weighted by atomic mass is 9.60. The van der Waals surface area contributed by atoms with Crippen LogP contribution in [0.2, 0.25) is 0 Å². The third-order valence-corrected chi connectivity index (χ3v) is 5.52. The minimum Gasteiger partial charge on any atom is -0.492 e. The van der Waals surface area contributed by atoms with Gasteiger partial charge >= 0.3 is 5.69 Å². The first kappa shape index (κ1) is 17.1. The van der Waals surface area contributed by atoms with E-state index in [4.69, 9.17) is 16.2 Å². The molecule has 2 heterocycles. The number of ether oxygens (including phenoxy) is 1. The van der Waals surface area contributed by atoms with Gasteiger partial charge < -0.3 is 16.2 Å². The maximum absolute atomic E-state index is 11.9. The number of nitrogens with two attached hydrogens (primary N) is 2. The predicted octanol–water partition coefficient (Wildman–Crippen LogP) is 1.01. The summed E-state index contributed by atoms with van der Waals surface area (Å²) < 4.78 is 7.37. The summed E-state index contributed by atoms with van der Waals surface area (Å²) in [6.45, 7) is 5.11. The van der Waals surface area contributed by atoms with Crippen molar-refractivity contribution < 1.29 is 4.74 Å². The van der Waals surface area contributed by atoms with Crippen LogP contribution in [0.25, 0.3) is 5.69 Å². The predicted molar refractivity (Wildman–Crippen MR) is 100 cm³/mol. The lowest BCUT2D eigenvalue weighted by molar-refractivity contribution is -0.0950. The minimum absolute atomic E-state index is 0.219. The van der Waals surface area contributed by atoms with E-state index < -0.39 is 5.69 Å². The Morgan fingerprint density at radius 2 is 1.96 bits per heavy atom. The van der Waals surface area contributed by atoms with Crippen LogP contribution >= 0.6 is 0 Å². The Balaban J connectivity index is 1.31. The number of nitrogens with zero attached hydrogens (tertiary/aromatic N) is 3. The van der Waals surface area contributed by atoms with E-state index in [1.165, 1.54) is 4.57 Å². The third-order valence-electron chi connectivity index (χ3n) is 5.52. The summed E-state index contributed by atoms with van der Waals surface area (Å²) in [5.74, 6) is 1.01. The highest BCUT2D eigenvalue weighted by Gasteiger charge is 2.51. The molecule has 4 N–H and O–H groups in total. The second-order valence-corrected chi connectivity index (χ2v) is 7.73. The van der Waals surface area contributed by atoms with E-state index in [0.29, 0.717) is 24.1 Å². The molecule has 1 saturated carbocycles. The molecule has 7 nitrogen and oxygen atoms in total. The molecule has 1 aliphatic carbocycles. The van der Waals surface area contributed by atoms with Gasteiger partial charge in [0.05, 0.1) is 5.69 Å². The highest BCUT2D eigenvalue weighted by atomic mass is 16.5. The molecule has 0 amide bonds. The fourth-order valence-corrected chi connectivity index (χ4v) is 4.08. The number of hydrogen-bond acceptors (Lipinski definition) is 6. The SMILES string of the molecule is CC(COc1ccc(-n2ccc(N)nc2=O)cc1)N1CC2(CC(N)C2)C1. The average molecular weight is 355 g/mol. The van der Waals surface area contributed by atoms with Gasteiger partial charge in [0.25, 0.3) is 0 Å². The highest BCUT2D eigenvalue weighted by Crippen LogP contribution is 2.48. The molecule has 138 valence electrons. The molecule has 7 heteroatoms. The molecule has 2 aliphatic rings. The first-order valence-corrected chi connectivity index (χ1v) is 9.02. The molecule has 26 heavy (non-hydrogen) atoms. The number of rotatable bonds is 5. The minimum atomic E-state index is -0.394. The van der Waals surface area contributed by atoms with E-state index in [9.17, 15) is 4.79 Å². The van der Waals surface area contributed by atoms with Gasteiger partial charge in [-0.3, -0.25) is 9.47 Å². The van der Waals surface area contributed by atoms with E-state index in [1.807, 2.05) is 24.3 Å². The van der Waals surface area contributed by atoms with Gasteiger partial charge in [-0.1, -0.05) is 0 Å². The summed E-state index contributed by atoms with van der Waals surface area (Å²) in [6, 6.07) is 9.80. The fourth-order valence-electron chi connectivity index (χ4n) is 4.08. The first-order valence-electron chi connectivity index (χ1n) is 9.02. The fraction of sp³-hybridized carbons (Fsp3) is 0.474. The quantitative estimate of drug-likeness (QED) is 0.830. The molecule has 1 aliphatic heterocycles. The van der Waals surface area contributed by atoms with Crippen LogP contribution in [0.1, 0.15) is 19.8 Å². The van der Waals surface area contributed by atoms with Crippen LogP contribution in [0.15, 0.2) is 41.3 Å². The van der Waals surface area contributed by atoms with Crippen molar-refractivity contribution in [1.82, 2.24) is 14.5 Å². The van der Waals surface area contributed by atoms with Crippen LogP contribution < -0.4 is 21.9 Å². The average Bonchev–Trinajstić information content (AvgIpc) is 2.55. The standard InChI is InChI=1S/C19H25N5O2/c1-13(23-11-19(12-23)8-14(20)9-19)10-26-16-4-2-15(3-5-16)24-7-6-17(21)22-18(24)25/h2-7,13-14H,8-12,20H2,1H3,(H2,21,22,25). The molecule has 1 atom stereocenters. The summed E-state index contributed by atoms with van der Waals surface area (Å²) in [7, 11) is 0. The van der Waals surface area contributed by atoms with Crippen molar-refractivity contribution in [3.05, 3.63) is 47.0 Å². The van der Waals surface area contributed by atoms with E-state index >= 15 is 0 Å². The summed E-state index contributed by atoms with van der Waals surface area (Å²) >= 11 is 0. The van der Waals surface area contributed by atoms with Gasteiger partial charge in [0.2, 0.25) is 0 Å². The molecular formula is C19H25N5O2. The third kappa shape index (κ3) is 3.20. The molecule has 0 radical (unpaired) electrons. The van der Waals surface area contributed by atoms with Gasteiger partial charge in [-0.2, -0.15) is 4.98 Å². The smallest absolute Gasteiger partial charge is 0.354 e. The summed E-state index contributed by atoms with van der Waals surface area (Å²) in [4.78, 5) is 18.1. The van der Waals surface area contributed by atoms with Gasteiger partial charge in [0, 0.05) is 31.4 Å². The van der Waals surface area contributed by atoms with Gasteiger partial charge in [0.15, 0.2) is 0 Å². The number of likely N-dealkylation sites (tertiary alicyclic amines) is 1. The lowest BCUT2D eigenvalue weighted by Gasteiger charge is -2.60. The second-order valence-electron chi connectivity index (χ2n) is 7.73. The van der Waals surface area contributed by atoms with Crippen molar-refractivity contribution in [2.24, 2.45) is 11.1 Å². The molecule has 0 bridgehead atoms. The number of anilines is 1. The van der Waals surface area contributed by atoms with Crippen molar-refractivity contribution in [3.63, 3.8) is 0 Å². The van der Waals surface area contributed by atoms with Crippen LogP contribution in [0.5, 0.6) is 5.75 Å². The monoisotopic (exact) mass is 355 g/mol. The maximum atomic E-state index is 11.9. The summed E-state index contributed by atoms with van der Waals surface area (Å²) in [5.41, 5.74) is 12.3. The Morgan fingerprint density at radius 1 is 1.27 bits per heavy atom. The van der Waals surface area contributed by atoms with Gasteiger partial charge in [-0.15, -0.1) is 0 Å². The van der Waals surface area contributed by atoms with E-state index in [2.05, 4.69) is 16.8 Å². The Morgan fingerprint density at radius 3 is 2.58 bits per heavy atom. The largest absolute Gasteiger partial charge is 0.492 e. The van der Waals surface area contributed by atoms with Crippen LogP contribution in [0, 0.1) is 5.41 Å². The van der Waals surface area contributed by atoms with Gasteiger partial charge in [-0.25, -0.2) is 4.79 Å². The molecule has 1 aromatic carbocycles. The number of hydrogen-bond donors (Lipinski definition) is 2. The van der Waals surface area contributed by atoms with E-state index in [-0.39, 0.29) is 5.82 Å². The summed E-state index contributed by atoms with van der Waals surface area (Å²) in [6.07, 6.45) is 3.95. The maximum Gasteiger partial charge on any atom is 0.354 e. The van der Waals surface area contributed by atoms with Gasteiger partial charge in [0.1, 0.15) is 18.2 Å². The van der Waals surface area contributed by atoms with Gasteiger partial charge in [-0.05, 0) is 55.5 Å². The molecule has 1 unspecified atom stereocenters. The molecule has 1 saturated heterocycles. The first-order chi connectivity index (χ1) is 12.4. The van der Waals surface area contributed by atoms with E-state index in [0.717, 1.165) is 37.4 Å². The highest BCUT2D eigenvalue weighted by molar-refractivity contribution is 5.38. The van der Waals surface area contributed by atoms with Crippen molar-refractivity contribution in [3.8, 4) is 11.4 Å². The van der Waals surface area contributed by atoms with Crippen LogP contribution in [-0.4, -0.2) is 46.2 Å². The normalized spacial score (nSPS) is 20.4. The zero-order valence-electron chi connectivity index (χ0n) is 15.0. The molecule has 4 rings (SSSR count). The molecular weight excluding hydrogens is 330 g/mol. The molecule has 2 aromatic rings. The van der Waals surface area contributed by atoms with Crippen LogP contribution in [0.3, 0.4) is 0 Å². The Bertz CT molecular complexity index is 834. The van der Waals surface area contributed by atoms with Crippen molar-refractivity contribution in [2.75, 3.05) is 25.4 Å². The Kier molecular flexibility index (Phi) is 4.20. The number of benzene rings is 1. The lowest BCUT2D eigenvalue weighted by Crippen LogP contribution is -2.67. The number of nitrogen functional groups attached to an aromatic ring is 1. The Labute approximate surface area is 152 Å². The van der Waals surface area contributed by atoms with Crippen LogP contribution in [0.4, 0.5) is 5.82 Å². The molecule has 1 spiro atoms. The Hall–Kier alpha value is -2.38. The molecule has 1 aromatic heterocycles. The topological polar surface area (TPSA) is 99.4 Å². The zero-order chi connectivity index (χ0) is 18.3. The number of aromatic nitrogens is 2. The molecule has 2 fully saturated rings. The van der Waals surface area contributed by atoms with Crippen molar-refractivity contribution in [2.45, 2.75) is 31.8 Å². The van der Waals surface area contributed by atoms with Crippen LogP contribution in [-0.2, 0) is 0 Å². The van der Waals surface area contributed by atoms with Crippen molar-refractivity contribution in [1.29, 1.82) is 0 Å². The van der Waals surface area contributed by atoms with Crippen molar-refractivity contribution >= 4 is 5.82 Å². The zero-order valence-corrected chi connectivity index (χ0v) is 15.0. The summed E-state index contributed by atoms with van der Waals surface area (Å²) in [5, 5.41) is 0.